The van der Waals surface area contributed by atoms with Crippen molar-refractivity contribution in [1.29, 1.82) is 0 Å². The van der Waals surface area contributed by atoms with Gasteiger partial charge in [-0.15, -0.1) is 0 Å². The van der Waals surface area contributed by atoms with E-state index in [1.54, 1.807) is 0 Å². The van der Waals surface area contributed by atoms with Gasteiger partial charge in [-0.25, -0.2) is 4.98 Å². The second-order valence-electron chi connectivity index (χ2n) is 5.87. The molecule has 3 aromatic rings. The van der Waals surface area contributed by atoms with Gasteiger partial charge in [-0.05, 0) is 43.5 Å². The molecule has 4 nitrogen and oxygen atoms in total. The van der Waals surface area contributed by atoms with Crippen LogP contribution in [0, 0.1) is 6.92 Å². The molecule has 5 heteroatoms. The number of hydrogen-bond acceptors (Lipinski definition) is 4. The van der Waals surface area contributed by atoms with Crippen LogP contribution in [-0.2, 0) is 6.42 Å². The topological polar surface area (TPSA) is 49.8 Å². The van der Waals surface area contributed by atoms with Crippen molar-refractivity contribution in [3.8, 4) is 0 Å². The van der Waals surface area contributed by atoms with Gasteiger partial charge in [0.05, 0.1) is 0 Å². The molecule has 0 atom stereocenters. The van der Waals surface area contributed by atoms with Gasteiger partial charge in [-0.3, -0.25) is 0 Å². The summed E-state index contributed by atoms with van der Waals surface area (Å²) in [6, 6.07) is 20.0. The van der Waals surface area contributed by atoms with Gasteiger partial charge in [0.25, 0.3) is 0 Å². The minimum Gasteiger partial charge on any atom is -0.354 e. The fraction of sp³-hybridized carbons (Fsp3) is 0.200. The first kappa shape index (κ1) is 17.2. The first-order valence-corrected chi connectivity index (χ1v) is 8.73. The molecule has 1 aromatic heterocycles. The molecular weight excluding hydrogens is 332 g/mol. The van der Waals surface area contributed by atoms with E-state index in [2.05, 4.69) is 44.9 Å². The summed E-state index contributed by atoms with van der Waals surface area (Å²) in [6.45, 7) is 2.79. The summed E-state index contributed by atoms with van der Waals surface area (Å²) in [6.07, 6.45) is 2.06. The van der Waals surface area contributed by atoms with Crippen LogP contribution in [0.1, 0.15) is 17.7 Å². The van der Waals surface area contributed by atoms with Crippen molar-refractivity contribution in [2.45, 2.75) is 19.8 Å². The predicted octanol–water partition coefficient (Wildman–Crippen LogP) is 5.23. The van der Waals surface area contributed by atoms with Crippen molar-refractivity contribution >= 4 is 29.1 Å². The number of anilines is 3. The number of aromatic nitrogens is 2. The monoisotopic (exact) mass is 352 g/mol. The number of halogens is 1. The van der Waals surface area contributed by atoms with Gasteiger partial charge in [-0.1, -0.05) is 48.0 Å². The van der Waals surface area contributed by atoms with Gasteiger partial charge >= 0.3 is 0 Å². The maximum absolute atomic E-state index is 6.02. The van der Waals surface area contributed by atoms with Crippen molar-refractivity contribution < 1.29 is 0 Å². The Hall–Kier alpha value is -2.59. The SMILES string of the molecule is Cc1cc(Nc2cccc(Cl)c2)nc(NCCCc2ccccc2)n1. The molecule has 0 unspecified atom stereocenters. The van der Waals surface area contributed by atoms with Crippen LogP contribution in [0.5, 0.6) is 0 Å². The number of hydrogen-bond donors (Lipinski definition) is 2. The lowest BCUT2D eigenvalue weighted by atomic mass is 10.1. The maximum Gasteiger partial charge on any atom is 0.224 e. The molecule has 0 radical (unpaired) electrons. The lowest BCUT2D eigenvalue weighted by Gasteiger charge is -2.10. The number of rotatable bonds is 7. The predicted molar refractivity (Wildman–Crippen MR) is 105 cm³/mol. The van der Waals surface area contributed by atoms with E-state index >= 15 is 0 Å². The highest BCUT2D eigenvalue weighted by molar-refractivity contribution is 6.30. The average Bonchev–Trinajstić information content (AvgIpc) is 2.59. The Bertz CT molecular complexity index is 821. The highest BCUT2D eigenvalue weighted by atomic mass is 35.5. The molecule has 128 valence electrons. The molecule has 3 rings (SSSR count). The average molecular weight is 353 g/mol. The quantitative estimate of drug-likeness (QED) is 0.572. The molecule has 2 aromatic carbocycles. The van der Waals surface area contributed by atoms with Gasteiger partial charge in [0.2, 0.25) is 5.95 Å². The zero-order chi connectivity index (χ0) is 17.5. The van der Waals surface area contributed by atoms with Crippen molar-refractivity contribution in [2.24, 2.45) is 0 Å². The summed E-state index contributed by atoms with van der Waals surface area (Å²) < 4.78 is 0. The largest absolute Gasteiger partial charge is 0.354 e. The van der Waals surface area contributed by atoms with E-state index < -0.39 is 0 Å². The Morgan fingerprint density at radius 3 is 2.60 bits per heavy atom. The molecule has 0 saturated carbocycles. The Morgan fingerprint density at radius 1 is 0.960 bits per heavy atom. The summed E-state index contributed by atoms with van der Waals surface area (Å²) in [5, 5.41) is 7.26. The molecule has 0 aliphatic rings. The second-order valence-corrected chi connectivity index (χ2v) is 6.31. The van der Waals surface area contributed by atoms with Crippen molar-refractivity contribution in [1.82, 2.24) is 9.97 Å². The molecule has 2 N–H and O–H groups in total. The Kier molecular flexibility index (Phi) is 5.86. The molecule has 0 fully saturated rings. The minimum absolute atomic E-state index is 0.637. The highest BCUT2D eigenvalue weighted by Crippen LogP contribution is 2.20. The Labute approximate surface area is 153 Å². The van der Waals surface area contributed by atoms with E-state index in [4.69, 9.17) is 11.6 Å². The zero-order valence-corrected chi connectivity index (χ0v) is 14.9. The van der Waals surface area contributed by atoms with Gasteiger partial charge < -0.3 is 10.6 Å². The summed E-state index contributed by atoms with van der Waals surface area (Å²) in [4.78, 5) is 8.98. The van der Waals surface area contributed by atoms with E-state index in [0.29, 0.717) is 11.0 Å². The molecule has 0 saturated heterocycles. The number of nitrogens with zero attached hydrogens (tertiary/aromatic N) is 2. The van der Waals surface area contributed by atoms with Crippen LogP contribution in [0.2, 0.25) is 5.02 Å². The van der Waals surface area contributed by atoms with Gasteiger partial charge in [0.1, 0.15) is 5.82 Å². The third-order valence-corrected chi connectivity index (χ3v) is 3.95. The lowest BCUT2D eigenvalue weighted by molar-refractivity contribution is 0.851. The van der Waals surface area contributed by atoms with Crippen molar-refractivity contribution in [3.63, 3.8) is 0 Å². The third-order valence-electron chi connectivity index (χ3n) is 3.72. The minimum atomic E-state index is 0.637. The van der Waals surface area contributed by atoms with E-state index in [0.717, 1.165) is 36.6 Å². The normalized spacial score (nSPS) is 10.5. The molecule has 0 aliphatic heterocycles. The van der Waals surface area contributed by atoms with Crippen LogP contribution < -0.4 is 10.6 Å². The fourth-order valence-electron chi connectivity index (χ4n) is 2.56. The number of benzene rings is 2. The van der Waals surface area contributed by atoms with Gasteiger partial charge in [0, 0.05) is 29.0 Å². The number of nitrogens with one attached hydrogen (secondary N) is 2. The van der Waals surface area contributed by atoms with Gasteiger partial charge in [0.15, 0.2) is 0 Å². The molecular formula is C20H21ClN4. The second kappa shape index (κ2) is 8.49. The van der Waals surface area contributed by atoms with E-state index in [1.807, 2.05) is 43.3 Å². The maximum atomic E-state index is 6.02. The molecule has 0 spiro atoms. The van der Waals surface area contributed by atoms with E-state index in [-0.39, 0.29) is 0 Å². The van der Waals surface area contributed by atoms with Crippen molar-refractivity contribution in [2.75, 3.05) is 17.2 Å². The Morgan fingerprint density at radius 2 is 1.80 bits per heavy atom. The molecule has 0 aliphatic carbocycles. The zero-order valence-electron chi connectivity index (χ0n) is 14.2. The molecule has 1 heterocycles. The van der Waals surface area contributed by atoms with Crippen LogP contribution in [0.25, 0.3) is 0 Å². The number of aryl methyl sites for hydroxylation is 2. The smallest absolute Gasteiger partial charge is 0.224 e. The van der Waals surface area contributed by atoms with Crippen LogP contribution in [0.15, 0.2) is 60.7 Å². The first-order valence-electron chi connectivity index (χ1n) is 8.35. The molecule has 0 amide bonds. The fourth-order valence-corrected chi connectivity index (χ4v) is 2.75. The standard InChI is InChI=1S/C20H21ClN4/c1-15-13-19(24-18-11-5-10-17(21)14-18)25-20(23-15)22-12-6-9-16-7-3-2-4-8-16/h2-5,7-8,10-11,13-14H,6,9,12H2,1H3,(H2,22,23,24,25). The molecule has 0 bridgehead atoms. The van der Waals surface area contributed by atoms with Crippen LogP contribution in [0.4, 0.5) is 17.5 Å². The summed E-state index contributed by atoms with van der Waals surface area (Å²) >= 11 is 6.02. The van der Waals surface area contributed by atoms with E-state index in [9.17, 15) is 0 Å². The third kappa shape index (κ3) is 5.47. The first-order chi connectivity index (χ1) is 12.2. The van der Waals surface area contributed by atoms with Crippen LogP contribution in [-0.4, -0.2) is 16.5 Å². The Balaban J connectivity index is 1.57. The summed E-state index contributed by atoms with van der Waals surface area (Å²) in [5.41, 5.74) is 3.16. The molecule has 25 heavy (non-hydrogen) atoms. The van der Waals surface area contributed by atoms with Crippen LogP contribution in [0.3, 0.4) is 0 Å². The van der Waals surface area contributed by atoms with Crippen LogP contribution >= 0.6 is 11.6 Å². The summed E-state index contributed by atoms with van der Waals surface area (Å²) in [7, 11) is 0. The van der Waals surface area contributed by atoms with Gasteiger partial charge in [-0.2, -0.15) is 4.98 Å². The summed E-state index contributed by atoms with van der Waals surface area (Å²) in [5.74, 6) is 1.39. The lowest BCUT2D eigenvalue weighted by Crippen LogP contribution is -2.08. The van der Waals surface area contributed by atoms with E-state index in [1.165, 1.54) is 5.56 Å². The van der Waals surface area contributed by atoms with Crippen molar-refractivity contribution in [3.05, 3.63) is 76.9 Å². The highest BCUT2D eigenvalue weighted by Gasteiger charge is 2.03.